The summed E-state index contributed by atoms with van der Waals surface area (Å²) in [4.78, 5) is 25.4. The van der Waals surface area contributed by atoms with Crippen LogP contribution in [0.5, 0.6) is 0 Å². The van der Waals surface area contributed by atoms with Gasteiger partial charge in [0.15, 0.2) is 0 Å². The second kappa shape index (κ2) is 8.31. The third-order valence-corrected chi connectivity index (χ3v) is 4.94. The maximum Gasteiger partial charge on any atom is 0.251 e. The van der Waals surface area contributed by atoms with Gasteiger partial charge in [-0.05, 0) is 55.7 Å². The van der Waals surface area contributed by atoms with E-state index in [9.17, 15) is 4.79 Å². The first-order valence-corrected chi connectivity index (χ1v) is 9.55. The smallest absolute Gasteiger partial charge is 0.251 e. The van der Waals surface area contributed by atoms with Crippen LogP contribution in [-0.2, 0) is 4.74 Å². The summed E-state index contributed by atoms with van der Waals surface area (Å²) in [7, 11) is 0. The molecule has 7 heteroatoms. The normalized spacial score (nSPS) is 19.3. The second-order valence-corrected chi connectivity index (χ2v) is 6.82. The lowest BCUT2D eigenvalue weighted by molar-refractivity contribution is 0.000860. The largest absolute Gasteiger partial charge is 0.373 e. The molecule has 1 aromatic carbocycles. The summed E-state index contributed by atoms with van der Waals surface area (Å²) in [6.45, 7) is 3.41. The summed E-state index contributed by atoms with van der Waals surface area (Å²) in [6.07, 6.45) is 6.57. The molecule has 2 atom stereocenters. The zero-order valence-corrected chi connectivity index (χ0v) is 15.8. The summed E-state index contributed by atoms with van der Waals surface area (Å²) in [5.41, 5.74) is 2.44. The number of hydrogen-bond donors (Lipinski definition) is 2. The molecule has 2 N–H and O–H groups in total. The molecule has 0 aliphatic carbocycles. The van der Waals surface area contributed by atoms with Gasteiger partial charge in [-0.1, -0.05) is 0 Å². The molecule has 1 amide bonds. The number of aromatic nitrogens is 3. The van der Waals surface area contributed by atoms with Crippen molar-refractivity contribution in [2.24, 2.45) is 0 Å². The number of nitrogens with zero attached hydrogens (tertiary/aromatic N) is 3. The molecular weight excluding hydrogens is 354 g/mol. The van der Waals surface area contributed by atoms with Gasteiger partial charge in [-0.3, -0.25) is 9.78 Å². The standard InChI is InChI=1S/C21H23N5O2/c1-2-23-20-17-4-3-15(11-18(17)24-13-25-20)21(27)26-16-7-10-28-19(12-16)14-5-8-22-9-6-14/h3-6,8-9,11,13,16,19H,2,7,10,12H2,1H3,(H,26,27)(H,23,24,25). The molecule has 7 nitrogen and oxygen atoms in total. The van der Waals surface area contributed by atoms with Crippen LogP contribution in [-0.4, -0.2) is 40.1 Å². The van der Waals surface area contributed by atoms with Gasteiger partial charge in [0.25, 0.3) is 5.91 Å². The van der Waals surface area contributed by atoms with Crippen LogP contribution >= 0.6 is 0 Å². The lowest BCUT2D eigenvalue weighted by atomic mass is 9.98. The van der Waals surface area contributed by atoms with Crippen LogP contribution in [0, 0.1) is 0 Å². The number of ether oxygens (including phenoxy) is 1. The second-order valence-electron chi connectivity index (χ2n) is 6.82. The van der Waals surface area contributed by atoms with Gasteiger partial charge in [0, 0.05) is 42.5 Å². The van der Waals surface area contributed by atoms with E-state index in [2.05, 4.69) is 25.6 Å². The molecule has 1 aliphatic heterocycles. The van der Waals surface area contributed by atoms with Crippen LogP contribution < -0.4 is 10.6 Å². The Morgan fingerprint density at radius 1 is 1.21 bits per heavy atom. The van der Waals surface area contributed by atoms with Crippen molar-refractivity contribution in [1.29, 1.82) is 0 Å². The van der Waals surface area contributed by atoms with E-state index in [1.165, 1.54) is 6.33 Å². The minimum atomic E-state index is -0.0918. The molecule has 2 aromatic heterocycles. The topological polar surface area (TPSA) is 89.0 Å². The average molecular weight is 377 g/mol. The van der Waals surface area contributed by atoms with Gasteiger partial charge >= 0.3 is 0 Å². The summed E-state index contributed by atoms with van der Waals surface area (Å²) >= 11 is 0. The van der Waals surface area contributed by atoms with E-state index in [1.807, 2.05) is 37.3 Å². The van der Waals surface area contributed by atoms with E-state index in [4.69, 9.17) is 4.74 Å². The van der Waals surface area contributed by atoms with Crippen LogP contribution in [0.1, 0.15) is 41.8 Å². The van der Waals surface area contributed by atoms with Crippen molar-refractivity contribution < 1.29 is 9.53 Å². The quantitative estimate of drug-likeness (QED) is 0.710. The van der Waals surface area contributed by atoms with Crippen molar-refractivity contribution in [3.63, 3.8) is 0 Å². The fraction of sp³-hybridized carbons (Fsp3) is 0.333. The molecule has 1 saturated heterocycles. The van der Waals surface area contributed by atoms with Gasteiger partial charge in [-0.15, -0.1) is 0 Å². The lowest BCUT2D eigenvalue weighted by Crippen LogP contribution is -2.39. The molecular formula is C21H23N5O2. The Morgan fingerprint density at radius 3 is 2.89 bits per heavy atom. The zero-order chi connectivity index (χ0) is 19.3. The molecule has 28 heavy (non-hydrogen) atoms. The number of carbonyl (C=O) groups excluding carboxylic acids is 1. The third kappa shape index (κ3) is 3.94. The third-order valence-electron chi connectivity index (χ3n) is 4.94. The molecule has 2 unspecified atom stereocenters. The number of anilines is 1. The van der Waals surface area contributed by atoms with Crippen LogP contribution in [0.25, 0.3) is 10.9 Å². The van der Waals surface area contributed by atoms with E-state index >= 15 is 0 Å². The molecule has 0 bridgehead atoms. The Kier molecular flexibility index (Phi) is 5.43. The zero-order valence-electron chi connectivity index (χ0n) is 15.8. The van der Waals surface area contributed by atoms with Gasteiger partial charge in [-0.25, -0.2) is 9.97 Å². The molecule has 4 rings (SSSR count). The highest BCUT2D eigenvalue weighted by atomic mass is 16.5. The number of rotatable bonds is 5. The van der Waals surface area contributed by atoms with Gasteiger partial charge in [-0.2, -0.15) is 0 Å². The molecule has 0 saturated carbocycles. The fourth-order valence-corrected chi connectivity index (χ4v) is 3.51. The molecule has 1 fully saturated rings. The highest BCUT2D eigenvalue weighted by Crippen LogP contribution is 2.28. The highest BCUT2D eigenvalue weighted by Gasteiger charge is 2.25. The monoisotopic (exact) mass is 377 g/mol. The summed E-state index contributed by atoms with van der Waals surface area (Å²) < 4.78 is 5.87. The molecule has 3 heterocycles. The van der Waals surface area contributed by atoms with Gasteiger partial charge in [0.2, 0.25) is 0 Å². The molecule has 1 aliphatic rings. The van der Waals surface area contributed by atoms with Crippen molar-refractivity contribution in [2.75, 3.05) is 18.5 Å². The van der Waals surface area contributed by atoms with Crippen LogP contribution in [0.2, 0.25) is 0 Å². The lowest BCUT2D eigenvalue weighted by Gasteiger charge is -2.30. The maximum absolute atomic E-state index is 12.8. The Balaban J connectivity index is 1.47. The van der Waals surface area contributed by atoms with Crippen molar-refractivity contribution in [3.8, 4) is 0 Å². The first-order chi connectivity index (χ1) is 13.7. The number of hydrogen-bond acceptors (Lipinski definition) is 6. The summed E-state index contributed by atoms with van der Waals surface area (Å²) in [5.74, 6) is 0.690. The minimum Gasteiger partial charge on any atom is -0.373 e. The van der Waals surface area contributed by atoms with E-state index in [1.54, 1.807) is 12.4 Å². The van der Waals surface area contributed by atoms with E-state index in [0.29, 0.717) is 12.2 Å². The maximum atomic E-state index is 12.8. The number of carbonyl (C=O) groups is 1. The van der Waals surface area contributed by atoms with Gasteiger partial charge in [0.05, 0.1) is 11.6 Å². The van der Waals surface area contributed by atoms with Gasteiger partial charge in [0.1, 0.15) is 12.1 Å². The van der Waals surface area contributed by atoms with E-state index in [-0.39, 0.29) is 18.1 Å². The van der Waals surface area contributed by atoms with Crippen LogP contribution in [0.15, 0.2) is 49.1 Å². The number of benzene rings is 1. The molecule has 0 radical (unpaired) electrons. The Bertz CT molecular complexity index is 963. The van der Waals surface area contributed by atoms with Crippen molar-refractivity contribution >= 4 is 22.6 Å². The summed E-state index contributed by atoms with van der Waals surface area (Å²) in [6, 6.07) is 9.51. The molecule has 0 spiro atoms. The SMILES string of the molecule is CCNc1ncnc2cc(C(=O)NC3CCOC(c4ccncc4)C3)ccc12. The number of fused-ring (bicyclic) bond motifs is 1. The Labute approximate surface area is 163 Å². The number of nitrogens with one attached hydrogen (secondary N) is 2. The first-order valence-electron chi connectivity index (χ1n) is 9.55. The number of pyridine rings is 1. The van der Waals surface area contributed by atoms with Gasteiger partial charge < -0.3 is 15.4 Å². The average Bonchev–Trinajstić information content (AvgIpc) is 2.74. The first kappa shape index (κ1) is 18.3. The van der Waals surface area contributed by atoms with Crippen LogP contribution in [0.4, 0.5) is 5.82 Å². The molecule has 3 aromatic rings. The fourth-order valence-electron chi connectivity index (χ4n) is 3.51. The minimum absolute atomic E-state index is 0.0194. The predicted molar refractivity (Wildman–Crippen MR) is 107 cm³/mol. The van der Waals surface area contributed by atoms with Crippen LogP contribution in [0.3, 0.4) is 0 Å². The van der Waals surface area contributed by atoms with Crippen molar-refractivity contribution in [2.45, 2.75) is 31.9 Å². The summed E-state index contributed by atoms with van der Waals surface area (Å²) in [5, 5.41) is 7.27. The Hall–Kier alpha value is -3.06. The van der Waals surface area contributed by atoms with E-state index in [0.717, 1.165) is 41.7 Å². The molecule has 144 valence electrons. The predicted octanol–water partition coefficient (Wildman–Crippen LogP) is 3.11. The van der Waals surface area contributed by atoms with E-state index < -0.39 is 0 Å². The van der Waals surface area contributed by atoms with Crippen molar-refractivity contribution in [1.82, 2.24) is 20.3 Å². The van der Waals surface area contributed by atoms with Crippen molar-refractivity contribution in [3.05, 3.63) is 60.2 Å². The highest BCUT2D eigenvalue weighted by molar-refractivity contribution is 5.99. The Morgan fingerprint density at radius 2 is 2.07 bits per heavy atom. The number of amides is 1.